The SMILES string of the molecule is CCC(NC(=O)[C@@H](NC(=O)[C@@H](NC(=O)OCc1ccccc1)C(C)C)C(C)C)C(=O)C(=O)N[C@H](CC(C)C)C(=O)N[C@H](C(=O)O)C(C)C. The lowest BCUT2D eigenvalue weighted by Gasteiger charge is -2.28. The van der Waals surface area contributed by atoms with Crippen LogP contribution in [-0.4, -0.2) is 76.8 Å². The van der Waals surface area contributed by atoms with Gasteiger partial charge in [-0.3, -0.25) is 24.0 Å². The van der Waals surface area contributed by atoms with Gasteiger partial charge in [0.15, 0.2) is 0 Å². The fraction of sp³-hybridized carbons (Fsp3) is 0.618. The summed E-state index contributed by atoms with van der Waals surface area (Å²) < 4.78 is 5.24. The van der Waals surface area contributed by atoms with Crippen LogP contribution in [0, 0.1) is 23.7 Å². The molecule has 1 rings (SSSR count). The number of rotatable bonds is 19. The van der Waals surface area contributed by atoms with Gasteiger partial charge in [-0.1, -0.05) is 92.6 Å². The number of carbonyl (C=O) groups is 7. The van der Waals surface area contributed by atoms with Crippen molar-refractivity contribution in [2.45, 2.75) is 112 Å². The lowest BCUT2D eigenvalue weighted by molar-refractivity contribution is -0.144. The molecule has 1 aromatic rings. The number of nitrogens with one attached hydrogen (secondary N) is 5. The highest BCUT2D eigenvalue weighted by Gasteiger charge is 2.35. The van der Waals surface area contributed by atoms with Crippen molar-refractivity contribution >= 4 is 41.5 Å². The van der Waals surface area contributed by atoms with E-state index in [-0.39, 0.29) is 31.3 Å². The van der Waals surface area contributed by atoms with E-state index in [4.69, 9.17) is 4.74 Å². The molecule has 5 atom stereocenters. The van der Waals surface area contributed by atoms with Crippen LogP contribution in [-0.2, 0) is 40.1 Å². The maximum absolute atomic E-state index is 13.4. The number of carbonyl (C=O) groups excluding carboxylic acids is 6. The number of hydrogen-bond donors (Lipinski definition) is 6. The second-order valence-corrected chi connectivity index (χ2v) is 13.2. The third-order valence-corrected chi connectivity index (χ3v) is 7.51. The normalized spacial score (nSPS) is 14.4. The van der Waals surface area contributed by atoms with Gasteiger partial charge in [-0.2, -0.15) is 0 Å². The van der Waals surface area contributed by atoms with Crippen molar-refractivity contribution in [1.82, 2.24) is 26.6 Å². The molecular weight excluding hydrogens is 622 g/mol. The summed E-state index contributed by atoms with van der Waals surface area (Å²) in [7, 11) is 0. The first kappa shape index (κ1) is 41.5. The van der Waals surface area contributed by atoms with Gasteiger partial charge in [0, 0.05) is 0 Å². The van der Waals surface area contributed by atoms with E-state index in [1.54, 1.807) is 86.6 Å². The van der Waals surface area contributed by atoms with Crippen LogP contribution in [0.15, 0.2) is 30.3 Å². The van der Waals surface area contributed by atoms with Gasteiger partial charge in [-0.05, 0) is 42.1 Å². The van der Waals surface area contributed by atoms with E-state index in [0.29, 0.717) is 0 Å². The number of amides is 5. The quantitative estimate of drug-likeness (QED) is 0.119. The Bertz CT molecular complexity index is 1270. The summed E-state index contributed by atoms with van der Waals surface area (Å²) in [5.74, 6) is -6.83. The van der Waals surface area contributed by atoms with E-state index in [2.05, 4.69) is 26.6 Å². The molecular formula is C34H53N5O9. The Morgan fingerprint density at radius 2 is 1.15 bits per heavy atom. The second kappa shape index (κ2) is 20.0. The third-order valence-electron chi connectivity index (χ3n) is 7.51. The first-order chi connectivity index (χ1) is 22.4. The van der Waals surface area contributed by atoms with Gasteiger partial charge in [-0.25, -0.2) is 9.59 Å². The Hall–Kier alpha value is -4.49. The van der Waals surface area contributed by atoms with Crippen LogP contribution < -0.4 is 26.6 Å². The molecule has 14 nitrogen and oxygen atoms in total. The Kier molecular flexibility index (Phi) is 17.3. The molecule has 268 valence electrons. The molecule has 48 heavy (non-hydrogen) atoms. The summed E-state index contributed by atoms with van der Waals surface area (Å²) >= 11 is 0. The predicted molar refractivity (Wildman–Crippen MR) is 178 cm³/mol. The summed E-state index contributed by atoms with van der Waals surface area (Å²) in [4.78, 5) is 89.9. The number of ether oxygens (including phenoxy) is 1. The topological polar surface area (TPSA) is 209 Å². The molecule has 0 bridgehead atoms. The van der Waals surface area contributed by atoms with Gasteiger partial charge in [0.2, 0.25) is 23.5 Å². The summed E-state index contributed by atoms with van der Waals surface area (Å²) in [6.07, 6.45) is -0.659. The standard InChI is InChI=1S/C34H53N5O9/c1-10-23(28(40)32(44)36-24(16-18(2)3)29(41)38-27(21(8)9)33(45)46)35-30(42)25(19(4)5)37-31(43)26(20(6)7)39-34(47)48-17-22-14-12-11-13-15-22/h11-15,18-21,23-27H,10,16-17H2,1-9H3,(H,35,42)(H,36,44)(H,37,43)(H,38,41)(H,39,47)(H,45,46)/t23?,24-,25+,26+,27+/m1/s1. The van der Waals surface area contributed by atoms with Crippen molar-refractivity contribution in [3.8, 4) is 0 Å². The summed E-state index contributed by atoms with van der Waals surface area (Å²) in [5.41, 5.74) is 0.764. The van der Waals surface area contributed by atoms with Crippen LogP contribution in [0.3, 0.4) is 0 Å². The van der Waals surface area contributed by atoms with Crippen LogP contribution in [0.25, 0.3) is 0 Å². The van der Waals surface area contributed by atoms with Gasteiger partial charge in [0.05, 0.1) is 6.04 Å². The van der Waals surface area contributed by atoms with Gasteiger partial charge in [0.1, 0.15) is 30.8 Å². The molecule has 0 spiro atoms. The van der Waals surface area contributed by atoms with Crippen LogP contribution >= 0.6 is 0 Å². The molecule has 1 aromatic carbocycles. The second-order valence-electron chi connectivity index (χ2n) is 13.2. The minimum absolute atomic E-state index is 0.000166. The van der Waals surface area contributed by atoms with E-state index in [9.17, 15) is 38.7 Å². The lowest BCUT2D eigenvalue weighted by Crippen LogP contribution is -2.59. The molecule has 0 radical (unpaired) electrons. The molecule has 0 aliphatic carbocycles. The van der Waals surface area contributed by atoms with Gasteiger partial charge in [0.25, 0.3) is 5.91 Å². The van der Waals surface area contributed by atoms with Crippen LogP contribution in [0.4, 0.5) is 4.79 Å². The zero-order valence-corrected chi connectivity index (χ0v) is 29.4. The van der Waals surface area contributed by atoms with Crippen molar-refractivity contribution in [2.75, 3.05) is 0 Å². The highest BCUT2D eigenvalue weighted by molar-refractivity contribution is 6.38. The number of ketones is 1. The van der Waals surface area contributed by atoms with Crippen molar-refractivity contribution in [3.63, 3.8) is 0 Å². The number of aliphatic carboxylic acids is 1. The van der Waals surface area contributed by atoms with Crippen molar-refractivity contribution in [2.24, 2.45) is 23.7 Å². The number of Topliss-reactive ketones (excluding diaryl/α,β-unsaturated/α-hetero) is 1. The zero-order valence-electron chi connectivity index (χ0n) is 29.4. The number of carboxylic acid groups (broad SMARTS) is 1. The van der Waals surface area contributed by atoms with E-state index in [1.807, 2.05) is 6.07 Å². The molecule has 0 fully saturated rings. The zero-order chi connectivity index (χ0) is 36.7. The van der Waals surface area contributed by atoms with E-state index in [0.717, 1.165) is 5.56 Å². The average molecular weight is 676 g/mol. The minimum Gasteiger partial charge on any atom is -0.480 e. The maximum Gasteiger partial charge on any atom is 0.408 e. The van der Waals surface area contributed by atoms with Crippen LogP contribution in [0.5, 0.6) is 0 Å². The number of benzene rings is 1. The van der Waals surface area contributed by atoms with Gasteiger partial charge in [-0.15, -0.1) is 0 Å². The number of carboxylic acids is 1. The monoisotopic (exact) mass is 675 g/mol. The summed E-state index contributed by atoms with van der Waals surface area (Å²) in [6.45, 7) is 15.2. The Balaban J connectivity index is 2.98. The lowest BCUT2D eigenvalue weighted by atomic mass is 9.98. The Morgan fingerprint density at radius 3 is 1.62 bits per heavy atom. The predicted octanol–water partition coefficient (Wildman–Crippen LogP) is 2.30. The van der Waals surface area contributed by atoms with Gasteiger partial charge < -0.3 is 36.4 Å². The van der Waals surface area contributed by atoms with Crippen molar-refractivity contribution in [1.29, 1.82) is 0 Å². The fourth-order valence-corrected chi connectivity index (χ4v) is 4.68. The van der Waals surface area contributed by atoms with Crippen molar-refractivity contribution < 1.29 is 43.4 Å². The van der Waals surface area contributed by atoms with Gasteiger partial charge >= 0.3 is 12.1 Å². The molecule has 6 N–H and O–H groups in total. The Labute approximate surface area is 282 Å². The summed E-state index contributed by atoms with van der Waals surface area (Å²) in [6, 6.07) is 3.15. The first-order valence-corrected chi connectivity index (χ1v) is 16.3. The van der Waals surface area contributed by atoms with Crippen molar-refractivity contribution in [3.05, 3.63) is 35.9 Å². The molecule has 5 amide bonds. The molecule has 0 saturated heterocycles. The molecule has 0 aromatic heterocycles. The third kappa shape index (κ3) is 13.7. The molecule has 1 unspecified atom stereocenters. The number of hydrogen-bond acceptors (Lipinski definition) is 8. The number of alkyl carbamates (subject to hydrolysis) is 1. The maximum atomic E-state index is 13.4. The minimum atomic E-state index is -1.28. The average Bonchev–Trinajstić information content (AvgIpc) is 3.01. The van der Waals surface area contributed by atoms with Crippen LogP contribution in [0.2, 0.25) is 0 Å². The summed E-state index contributed by atoms with van der Waals surface area (Å²) in [5, 5.41) is 22.0. The molecule has 0 heterocycles. The highest BCUT2D eigenvalue weighted by Crippen LogP contribution is 2.11. The highest BCUT2D eigenvalue weighted by atomic mass is 16.5. The smallest absolute Gasteiger partial charge is 0.408 e. The molecule has 14 heteroatoms. The fourth-order valence-electron chi connectivity index (χ4n) is 4.68. The Morgan fingerprint density at radius 1 is 0.646 bits per heavy atom. The first-order valence-electron chi connectivity index (χ1n) is 16.3. The van der Waals surface area contributed by atoms with Crippen LogP contribution in [0.1, 0.15) is 80.7 Å². The molecule has 0 saturated carbocycles. The largest absolute Gasteiger partial charge is 0.480 e. The van der Waals surface area contributed by atoms with E-state index < -0.39 is 83.5 Å². The van der Waals surface area contributed by atoms with E-state index in [1.165, 1.54) is 0 Å². The molecule has 0 aliphatic heterocycles. The van der Waals surface area contributed by atoms with E-state index >= 15 is 0 Å². The molecule has 0 aliphatic rings.